The van der Waals surface area contributed by atoms with E-state index in [0.717, 1.165) is 0 Å². The molecule has 22 heavy (non-hydrogen) atoms. The molecule has 0 unspecified atom stereocenters. The fourth-order valence-electron chi connectivity index (χ4n) is 1.74. The molecule has 1 rings (SSSR count). The Hall–Kier alpha value is -2.37. The lowest BCUT2D eigenvalue weighted by Gasteiger charge is -2.19. The molecule has 0 spiro atoms. The SMILES string of the molecule is CC(C)(C)OC(=O)CCCC(=O)Nc1cccc(C(=O)O)c1. The van der Waals surface area contributed by atoms with Crippen LogP contribution in [0.4, 0.5) is 5.69 Å². The standard InChI is InChI=1S/C16H21NO5/c1-16(2,3)22-14(19)9-5-8-13(18)17-12-7-4-6-11(10-12)15(20)21/h4,6-7,10H,5,8-9H2,1-3H3,(H,17,18)(H,20,21). The molecule has 120 valence electrons. The van der Waals surface area contributed by atoms with Crippen molar-refractivity contribution in [2.45, 2.75) is 45.6 Å². The van der Waals surface area contributed by atoms with Crippen molar-refractivity contribution in [1.29, 1.82) is 0 Å². The van der Waals surface area contributed by atoms with Gasteiger partial charge in [-0.1, -0.05) is 6.07 Å². The number of hydrogen-bond donors (Lipinski definition) is 2. The smallest absolute Gasteiger partial charge is 0.335 e. The van der Waals surface area contributed by atoms with E-state index in [1.54, 1.807) is 32.9 Å². The number of anilines is 1. The van der Waals surface area contributed by atoms with Gasteiger partial charge in [-0.25, -0.2) is 4.79 Å². The van der Waals surface area contributed by atoms with Gasteiger partial charge in [-0.2, -0.15) is 0 Å². The van der Waals surface area contributed by atoms with Crippen molar-refractivity contribution in [3.8, 4) is 0 Å². The number of benzene rings is 1. The number of nitrogens with one attached hydrogen (secondary N) is 1. The number of amides is 1. The van der Waals surface area contributed by atoms with Gasteiger partial charge in [0.25, 0.3) is 0 Å². The van der Waals surface area contributed by atoms with Gasteiger partial charge in [-0.3, -0.25) is 9.59 Å². The predicted octanol–water partition coefficient (Wildman–Crippen LogP) is 2.84. The molecule has 2 N–H and O–H groups in total. The zero-order valence-corrected chi connectivity index (χ0v) is 13.0. The highest BCUT2D eigenvalue weighted by Crippen LogP contribution is 2.13. The zero-order chi connectivity index (χ0) is 16.8. The summed E-state index contributed by atoms with van der Waals surface area (Å²) in [6.45, 7) is 5.35. The molecule has 0 radical (unpaired) electrons. The Morgan fingerprint density at radius 3 is 2.45 bits per heavy atom. The lowest BCUT2D eigenvalue weighted by molar-refractivity contribution is -0.154. The molecule has 1 amide bonds. The van der Waals surface area contributed by atoms with E-state index < -0.39 is 11.6 Å². The fraction of sp³-hybridized carbons (Fsp3) is 0.438. The van der Waals surface area contributed by atoms with Gasteiger partial charge in [0.2, 0.25) is 5.91 Å². The summed E-state index contributed by atoms with van der Waals surface area (Å²) in [5, 5.41) is 11.5. The molecule has 0 bridgehead atoms. The average Bonchev–Trinajstić information content (AvgIpc) is 2.36. The monoisotopic (exact) mass is 307 g/mol. The van der Waals surface area contributed by atoms with Crippen molar-refractivity contribution in [2.75, 3.05) is 5.32 Å². The van der Waals surface area contributed by atoms with Crippen LogP contribution in [0.25, 0.3) is 0 Å². The van der Waals surface area contributed by atoms with E-state index in [0.29, 0.717) is 12.1 Å². The molecular weight excluding hydrogens is 286 g/mol. The topological polar surface area (TPSA) is 92.7 Å². The number of ether oxygens (including phenoxy) is 1. The maximum Gasteiger partial charge on any atom is 0.335 e. The first-order valence-corrected chi connectivity index (χ1v) is 7.02. The number of esters is 1. The third-order valence-corrected chi connectivity index (χ3v) is 2.60. The number of aromatic carboxylic acids is 1. The zero-order valence-electron chi connectivity index (χ0n) is 13.0. The van der Waals surface area contributed by atoms with E-state index in [-0.39, 0.29) is 30.3 Å². The number of carbonyl (C=O) groups is 3. The maximum atomic E-state index is 11.7. The molecule has 0 atom stereocenters. The molecular formula is C16H21NO5. The first kappa shape index (κ1) is 17.7. The second-order valence-corrected chi connectivity index (χ2v) is 5.87. The summed E-state index contributed by atoms with van der Waals surface area (Å²) in [6, 6.07) is 5.99. The molecule has 0 aliphatic carbocycles. The van der Waals surface area contributed by atoms with Crippen LogP contribution in [0.1, 0.15) is 50.4 Å². The summed E-state index contributed by atoms with van der Waals surface area (Å²) in [5.41, 5.74) is -0.00917. The predicted molar refractivity (Wildman–Crippen MR) is 81.7 cm³/mol. The summed E-state index contributed by atoms with van der Waals surface area (Å²) >= 11 is 0. The van der Waals surface area contributed by atoms with Crippen molar-refractivity contribution < 1.29 is 24.2 Å². The Labute approximate surface area is 129 Å². The minimum absolute atomic E-state index is 0.103. The van der Waals surface area contributed by atoms with Crippen LogP contribution in [0.5, 0.6) is 0 Å². The maximum absolute atomic E-state index is 11.7. The molecule has 1 aromatic rings. The third-order valence-electron chi connectivity index (χ3n) is 2.60. The Balaban J connectivity index is 2.39. The Morgan fingerprint density at radius 2 is 1.86 bits per heavy atom. The molecule has 0 aliphatic heterocycles. The second-order valence-electron chi connectivity index (χ2n) is 5.87. The minimum atomic E-state index is -1.05. The van der Waals surface area contributed by atoms with Gasteiger partial charge in [-0.15, -0.1) is 0 Å². The van der Waals surface area contributed by atoms with Crippen molar-refractivity contribution >= 4 is 23.5 Å². The van der Waals surface area contributed by atoms with Crippen molar-refractivity contribution in [2.24, 2.45) is 0 Å². The quantitative estimate of drug-likeness (QED) is 0.788. The first-order chi connectivity index (χ1) is 10.2. The first-order valence-electron chi connectivity index (χ1n) is 7.02. The number of carboxylic acid groups (broad SMARTS) is 1. The molecule has 0 fully saturated rings. The second kappa shape index (κ2) is 7.59. The largest absolute Gasteiger partial charge is 0.478 e. The van der Waals surface area contributed by atoms with E-state index in [1.807, 2.05) is 0 Å². The third kappa shape index (κ3) is 6.88. The number of hydrogen-bond acceptors (Lipinski definition) is 4. The Kier molecular flexibility index (Phi) is 6.10. The van der Waals surface area contributed by atoms with Gasteiger partial charge in [0.05, 0.1) is 5.56 Å². The van der Waals surface area contributed by atoms with Crippen LogP contribution in [-0.4, -0.2) is 28.6 Å². The summed E-state index contributed by atoms with van der Waals surface area (Å²) in [7, 11) is 0. The van der Waals surface area contributed by atoms with Crippen LogP contribution in [0.2, 0.25) is 0 Å². The van der Waals surface area contributed by atoms with E-state index in [2.05, 4.69) is 5.32 Å². The molecule has 0 saturated carbocycles. The molecule has 6 heteroatoms. The average molecular weight is 307 g/mol. The summed E-state index contributed by atoms with van der Waals surface area (Å²) in [5.74, 6) is -1.67. The van der Waals surface area contributed by atoms with Crippen molar-refractivity contribution in [3.05, 3.63) is 29.8 Å². The number of rotatable bonds is 6. The van der Waals surface area contributed by atoms with Crippen LogP contribution < -0.4 is 5.32 Å². The van der Waals surface area contributed by atoms with Crippen LogP contribution in [0, 0.1) is 0 Å². The van der Waals surface area contributed by atoms with Gasteiger partial charge < -0.3 is 15.2 Å². The molecule has 6 nitrogen and oxygen atoms in total. The van der Waals surface area contributed by atoms with Crippen molar-refractivity contribution in [3.63, 3.8) is 0 Å². The van der Waals surface area contributed by atoms with Gasteiger partial charge >= 0.3 is 11.9 Å². The number of carboxylic acids is 1. The number of carbonyl (C=O) groups excluding carboxylic acids is 2. The van der Waals surface area contributed by atoms with Crippen LogP contribution in [0.15, 0.2) is 24.3 Å². The molecule has 0 heterocycles. The van der Waals surface area contributed by atoms with Gasteiger partial charge in [0, 0.05) is 18.5 Å². The Bertz CT molecular complexity index is 560. The normalized spacial score (nSPS) is 10.9. The highest BCUT2D eigenvalue weighted by atomic mass is 16.6. The fourth-order valence-corrected chi connectivity index (χ4v) is 1.74. The van der Waals surface area contributed by atoms with Gasteiger partial charge in [0.15, 0.2) is 0 Å². The summed E-state index contributed by atoms with van der Waals surface area (Å²) in [4.78, 5) is 34.1. The highest BCUT2D eigenvalue weighted by Gasteiger charge is 2.16. The Morgan fingerprint density at radius 1 is 1.18 bits per heavy atom. The summed E-state index contributed by atoms with van der Waals surface area (Å²) < 4.78 is 5.14. The van der Waals surface area contributed by atoms with Gasteiger partial charge in [0.1, 0.15) is 5.60 Å². The van der Waals surface area contributed by atoms with E-state index in [4.69, 9.17) is 9.84 Å². The molecule has 0 saturated heterocycles. The lowest BCUT2D eigenvalue weighted by Crippen LogP contribution is -2.24. The minimum Gasteiger partial charge on any atom is -0.478 e. The lowest BCUT2D eigenvalue weighted by atomic mass is 10.1. The van der Waals surface area contributed by atoms with Gasteiger partial charge in [-0.05, 0) is 45.4 Å². The molecule has 1 aromatic carbocycles. The molecule has 0 aliphatic rings. The van der Waals surface area contributed by atoms with E-state index >= 15 is 0 Å². The van der Waals surface area contributed by atoms with E-state index in [9.17, 15) is 14.4 Å². The van der Waals surface area contributed by atoms with Crippen LogP contribution >= 0.6 is 0 Å². The summed E-state index contributed by atoms with van der Waals surface area (Å²) in [6.07, 6.45) is 0.704. The van der Waals surface area contributed by atoms with Crippen molar-refractivity contribution in [1.82, 2.24) is 0 Å². The van der Waals surface area contributed by atoms with Crippen LogP contribution in [-0.2, 0) is 14.3 Å². The highest BCUT2D eigenvalue weighted by molar-refractivity contribution is 5.93. The van der Waals surface area contributed by atoms with E-state index in [1.165, 1.54) is 12.1 Å². The van der Waals surface area contributed by atoms with Crippen LogP contribution in [0.3, 0.4) is 0 Å². The molecule has 0 aromatic heterocycles.